The summed E-state index contributed by atoms with van der Waals surface area (Å²) in [6.07, 6.45) is 0. The maximum atomic E-state index is 6.02. The Morgan fingerprint density at radius 2 is 1.79 bits per heavy atom. The monoisotopic (exact) mass is 265 g/mol. The second-order valence-corrected chi connectivity index (χ2v) is 5.74. The quantitative estimate of drug-likeness (QED) is 0.852. The molecule has 1 aromatic heterocycles. The first-order chi connectivity index (χ1) is 9.02. The number of aromatic nitrogens is 2. The molecule has 0 spiro atoms. The molecule has 0 saturated carbocycles. The standard InChI is InChI=1S/C14H27N5/c1-11-14(12(2)18(4)16-11)13(9-15)10-19-7-5-17(3)6-8-19/h13H,5-10,15H2,1-4H3. The summed E-state index contributed by atoms with van der Waals surface area (Å²) in [6.45, 7) is 10.6. The number of likely N-dealkylation sites (N-methyl/N-ethyl adjacent to an activating group) is 1. The Labute approximate surface area is 116 Å². The molecule has 0 radical (unpaired) electrons. The lowest BCUT2D eigenvalue weighted by atomic mass is 9.96. The second kappa shape index (κ2) is 6.03. The van der Waals surface area contributed by atoms with E-state index in [1.54, 1.807) is 0 Å². The largest absolute Gasteiger partial charge is 0.330 e. The number of hydrogen-bond donors (Lipinski definition) is 1. The van der Waals surface area contributed by atoms with Crippen molar-refractivity contribution >= 4 is 0 Å². The first-order valence-corrected chi connectivity index (χ1v) is 7.14. The lowest BCUT2D eigenvalue weighted by Gasteiger charge is -2.34. The van der Waals surface area contributed by atoms with Crippen molar-refractivity contribution < 1.29 is 0 Å². The van der Waals surface area contributed by atoms with Crippen LogP contribution < -0.4 is 5.73 Å². The molecule has 0 amide bonds. The molecule has 0 aromatic carbocycles. The van der Waals surface area contributed by atoms with Crippen molar-refractivity contribution in [2.75, 3.05) is 46.3 Å². The van der Waals surface area contributed by atoms with Crippen molar-refractivity contribution in [3.05, 3.63) is 17.0 Å². The van der Waals surface area contributed by atoms with Crippen LogP contribution in [-0.4, -0.2) is 65.9 Å². The van der Waals surface area contributed by atoms with E-state index in [0.717, 1.165) is 38.4 Å². The van der Waals surface area contributed by atoms with Gasteiger partial charge in [-0.1, -0.05) is 0 Å². The van der Waals surface area contributed by atoms with E-state index >= 15 is 0 Å². The predicted octanol–water partition coefficient (Wildman–Crippen LogP) is 0.327. The van der Waals surface area contributed by atoms with Crippen LogP contribution >= 0.6 is 0 Å². The zero-order valence-corrected chi connectivity index (χ0v) is 12.7. The third-order valence-electron chi connectivity index (χ3n) is 4.33. The van der Waals surface area contributed by atoms with Crippen LogP contribution in [0.4, 0.5) is 0 Å². The van der Waals surface area contributed by atoms with Crippen molar-refractivity contribution in [2.45, 2.75) is 19.8 Å². The molecule has 0 bridgehead atoms. The number of aryl methyl sites for hydroxylation is 2. The summed E-state index contributed by atoms with van der Waals surface area (Å²) in [4.78, 5) is 4.91. The summed E-state index contributed by atoms with van der Waals surface area (Å²) in [7, 11) is 4.20. The van der Waals surface area contributed by atoms with Crippen LogP contribution in [0.2, 0.25) is 0 Å². The van der Waals surface area contributed by atoms with E-state index < -0.39 is 0 Å². The molecular weight excluding hydrogens is 238 g/mol. The lowest BCUT2D eigenvalue weighted by Crippen LogP contribution is -2.46. The minimum absolute atomic E-state index is 0.400. The normalized spacial score (nSPS) is 19.8. The van der Waals surface area contributed by atoms with Gasteiger partial charge in [-0.05, 0) is 20.9 Å². The van der Waals surface area contributed by atoms with E-state index in [2.05, 4.69) is 35.8 Å². The molecule has 1 saturated heterocycles. The third-order valence-corrected chi connectivity index (χ3v) is 4.33. The van der Waals surface area contributed by atoms with Gasteiger partial charge in [0, 0.05) is 63.5 Å². The van der Waals surface area contributed by atoms with E-state index in [-0.39, 0.29) is 0 Å². The van der Waals surface area contributed by atoms with Crippen LogP contribution in [-0.2, 0) is 7.05 Å². The summed E-state index contributed by atoms with van der Waals surface area (Å²) in [5.74, 6) is 0.400. The molecule has 1 atom stereocenters. The highest BCUT2D eigenvalue weighted by molar-refractivity contribution is 5.29. The van der Waals surface area contributed by atoms with Gasteiger partial charge in [-0.15, -0.1) is 0 Å². The molecule has 108 valence electrons. The van der Waals surface area contributed by atoms with Crippen LogP contribution in [0.1, 0.15) is 22.9 Å². The van der Waals surface area contributed by atoms with Gasteiger partial charge in [-0.3, -0.25) is 4.68 Å². The van der Waals surface area contributed by atoms with Gasteiger partial charge in [0.05, 0.1) is 5.69 Å². The Bertz CT molecular complexity index is 418. The SMILES string of the molecule is Cc1nn(C)c(C)c1C(CN)CN1CCN(C)CC1. The fourth-order valence-electron chi connectivity index (χ4n) is 3.01. The molecule has 1 aliphatic rings. The predicted molar refractivity (Wildman–Crippen MR) is 78.4 cm³/mol. The number of nitrogens with two attached hydrogens (primary N) is 1. The molecule has 1 unspecified atom stereocenters. The van der Waals surface area contributed by atoms with Gasteiger partial charge >= 0.3 is 0 Å². The first kappa shape index (κ1) is 14.5. The number of piperazine rings is 1. The zero-order chi connectivity index (χ0) is 14.0. The highest BCUT2D eigenvalue weighted by Crippen LogP contribution is 2.23. The summed E-state index contributed by atoms with van der Waals surface area (Å²) in [5, 5.41) is 4.52. The van der Waals surface area contributed by atoms with Crippen LogP contribution in [0.5, 0.6) is 0 Å². The van der Waals surface area contributed by atoms with Gasteiger partial charge in [0.2, 0.25) is 0 Å². The molecule has 1 aliphatic heterocycles. The topological polar surface area (TPSA) is 50.3 Å². The van der Waals surface area contributed by atoms with E-state index in [4.69, 9.17) is 5.73 Å². The van der Waals surface area contributed by atoms with Crippen molar-refractivity contribution in [3.63, 3.8) is 0 Å². The molecule has 2 rings (SSSR count). The van der Waals surface area contributed by atoms with Gasteiger partial charge in [-0.2, -0.15) is 5.10 Å². The Hall–Kier alpha value is -0.910. The van der Waals surface area contributed by atoms with Crippen molar-refractivity contribution in [2.24, 2.45) is 12.8 Å². The Morgan fingerprint density at radius 3 is 2.26 bits per heavy atom. The highest BCUT2D eigenvalue weighted by atomic mass is 15.3. The fraction of sp³-hybridized carbons (Fsp3) is 0.786. The summed E-state index contributed by atoms with van der Waals surface area (Å²) in [6, 6.07) is 0. The molecule has 1 fully saturated rings. The minimum atomic E-state index is 0.400. The summed E-state index contributed by atoms with van der Waals surface area (Å²) in [5.41, 5.74) is 9.75. The lowest BCUT2D eigenvalue weighted by molar-refractivity contribution is 0.147. The van der Waals surface area contributed by atoms with Gasteiger partial charge in [-0.25, -0.2) is 0 Å². The molecule has 5 nitrogen and oxygen atoms in total. The zero-order valence-electron chi connectivity index (χ0n) is 12.7. The molecular formula is C14H27N5. The molecule has 19 heavy (non-hydrogen) atoms. The third kappa shape index (κ3) is 3.16. The Kier molecular flexibility index (Phi) is 4.60. The van der Waals surface area contributed by atoms with Gasteiger partial charge in [0.25, 0.3) is 0 Å². The molecule has 1 aromatic rings. The highest BCUT2D eigenvalue weighted by Gasteiger charge is 2.23. The maximum absolute atomic E-state index is 6.02. The van der Waals surface area contributed by atoms with E-state index in [1.807, 2.05) is 11.7 Å². The molecule has 2 heterocycles. The average molecular weight is 265 g/mol. The van der Waals surface area contributed by atoms with Gasteiger partial charge < -0.3 is 15.5 Å². The fourth-order valence-corrected chi connectivity index (χ4v) is 3.01. The van der Waals surface area contributed by atoms with Gasteiger partial charge in [0.1, 0.15) is 0 Å². The second-order valence-electron chi connectivity index (χ2n) is 5.74. The summed E-state index contributed by atoms with van der Waals surface area (Å²) < 4.78 is 1.97. The van der Waals surface area contributed by atoms with E-state index in [1.165, 1.54) is 11.3 Å². The van der Waals surface area contributed by atoms with Crippen LogP contribution in [0.25, 0.3) is 0 Å². The number of hydrogen-bond acceptors (Lipinski definition) is 4. The molecule has 5 heteroatoms. The Balaban J connectivity index is 2.07. The maximum Gasteiger partial charge on any atom is 0.0632 e. The average Bonchev–Trinajstić information content (AvgIpc) is 2.63. The smallest absolute Gasteiger partial charge is 0.0632 e. The first-order valence-electron chi connectivity index (χ1n) is 7.14. The van der Waals surface area contributed by atoms with Crippen molar-refractivity contribution in [1.82, 2.24) is 19.6 Å². The molecule has 2 N–H and O–H groups in total. The van der Waals surface area contributed by atoms with E-state index in [0.29, 0.717) is 12.5 Å². The summed E-state index contributed by atoms with van der Waals surface area (Å²) >= 11 is 0. The minimum Gasteiger partial charge on any atom is -0.330 e. The molecule has 0 aliphatic carbocycles. The van der Waals surface area contributed by atoms with Crippen molar-refractivity contribution in [1.29, 1.82) is 0 Å². The van der Waals surface area contributed by atoms with E-state index in [9.17, 15) is 0 Å². The van der Waals surface area contributed by atoms with Crippen LogP contribution in [0, 0.1) is 13.8 Å². The van der Waals surface area contributed by atoms with Crippen molar-refractivity contribution in [3.8, 4) is 0 Å². The Morgan fingerprint density at radius 1 is 1.16 bits per heavy atom. The number of nitrogens with zero attached hydrogens (tertiary/aromatic N) is 4. The number of rotatable bonds is 4. The van der Waals surface area contributed by atoms with Crippen LogP contribution in [0.3, 0.4) is 0 Å². The van der Waals surface area contributed by atoms with Crippen LogP contribution in [0.15, 0.2) is 0 Å². The van der Waals surface area contributed by atoms with Gasteiger partial charge in [0.15, 0.2) is 0 Å².